The average Bonchev–Trinajstić information content (AvgIpc) is 3.21. The number of aryl methyl sites for hydroxylation is 1. The van der Waals surface area contributed by atoms with Gasteiger partial charge in [-0.3, -0.25) is 20.3 Å². The first kappa shape index (κ1) is 14.9. The highest BCUT2D eigenvalue weighted by atomic mass is 16.6. The predicted molar refractivity (Wildman–Crippen MR) is 75.5 cm³/mol. The molecule has 0 bridgehead atoms. The van der Waals surface area contributed by atoms with Crippen LogP contribution in [0.3, 0.4) is 0 Å². The third-order valence-corrected chi connectivity index (χ3v) is 2.96. The zero-order valence-corrected chi connectivity index (χ0v) is 11.5. The Kier molecular flexibility index (Phi) is 4.48. The Morgan fingerprint density at radius 3 is 2.76 bits per heavy atom. The van der Waals surface area contributed by atoms with Gasteiger partial charge < -0.3 is 10.6 Å². The largest absolute Gasteiger partial charge is 0.364 e. The van der Waals surface area contributed by atoms with E-state index in [9.17, 15) is 14.9 Å². The quantitative estimate of drug-likeness (QED) is 0.313. The summed E-state index contributed by atoms with van der Waals surface area (Å²) in [7, 11) is 0. The summed E-state index contributed by atoms with van der Waals surface area (Å²) < 4.78 is 0. The minimum atomic E-state index is -0.567. The van der Waals surface area contributed by atoms with Crippen LogP contribution in [0.5, 0.6) is 0 Å². The Bertz CT molecular complexity index is 559. The number of carbonyl (C=O) groups is 1. The van der Waals surface area contributed by atoms with Gasteiger partial charge in [-0.1, -0.05) is 0 Å². The van der Waals surface area contributed by atoms with Crippen LogP contribution in [0.1, 0.15) is 25.0 Å². The fourth-order valence-electron chi connectivity index (χ4n) is 1.80. The van der Waals surface area contributed by atoms with Crippen molar-refractivity contribution < 1.29 is 9.72 Å². The van der Waals surface area contributed by atoms with Gasteiger partial charge in [-0.25, -0.2) is 10.8 Å². The summed E-state index contributed by atoms with van der Waals surface area (Å²) >= 11 is 0. The van der Waals surface area contributed by atoms with Crippen molar-refractivity contribution in [3.8, 4) is 0 Å². The van der Waals surface area contributed by atoms with E-state index >= 15 is 0 Å². The highest BCUT2D eigenvalue weighted by molar-refractivity contribution is 5.77. The van der Waals surface area contributed by atoms with Crippen molar-refractivity contribution in [1.82, 2.24) is 15.3 Å². The Labute approximate surface area is 120 Å². The highest BCUT2D eigenvalue weighted by Gasteiger charge is 2.24. The van der Waals surface area contributed by atoms with E-state index in [2.05, 4.69) is 26.0 Å². The van der Waals surface area contributed by atoms with E-state index in [-0.39, 0.29) is 42.0 Å². The van der Waals surface area contributed by atoms with Gasteiger partial charge in [0.15, 0.2) is 0 Å². The molecule has 1 aromatic rings. The summed E-state index contributed by atoms with van der Waals surface area (Å²) in [4.78, 5) is 29.8. The van der Waals surface area contributed by atoms with Crippen LogP contribution in [0, 0.1) is 17.0 Å². The molecule has 1 fully saturated rings. The number of aromatic nitrogens is 2. The topological polar surface area (TPSA) is 148 Å². The molecule has 0 spiro atoms. The molecule has 0 aromatic carbocycles. The van der Waals surface area contributed by atoms with Gasteiger partial charge in [-0.15, -0.1) is 0 Å². The third kappa shape index (κ3) is 3.99. The van der Waals surface area contributed by atoms with Crippen molar-refractivity contribution in [1.29, 1.82) is 0 Å². The molecule has 114 valence electrons. The maximum Gasteiger partial charge on any atom is 0.332 e. The van der Waals surface area contributed by atoms with E-state index in [0.29, 0.717) is 6.04 Å². The average molecular weight is 295 g/mol. The highest BCUT2D eigenvalue weighted by Crippen LogP contribution is 2.26. The lowest BCUT2D eigenvalue weighted by Crippen LogP contribution is -2.27. The molecular formula is C11H17N7O3. The molecule has 10 nitrogen and oxygen atoms in total. The second-order valence-corrected chi connectivity index (χ2v) is 4.75. The van der Waals surface area contributed by atoms with E-state index in [1.54, 1.807) is 0 Å². The second kappa shape index (κ2) is 6.31. The summed E-state index contributed by atoms with van der Waals surface area (Å²) in [6.45, 7) is 1.73. The lowest BCUT2D eigenvalue weighted by Gasteiger charge is -2.09. The number of rotatable bonds is 7. The minimum Gasteiger partial charge on any atom is -0.364 e. The van der Waals surface area contributed by atoms with Crippen LogP contribution >= 0.6 is 0 Å². The maximum absolute atomic E-state index is 11.5. The summed E-state index contributed by atoms with van der Waals surface area (Å²) in [6.07, 6.45) is 2.24. The first-order valence-electron chi connectivity index (χ1n) is 6.54. The van der Waals surface area contributed by atoms with Gasteiger partial charge in [-0.2, -0.15) is 4.98 Å². The van der Waals surface area contributed by atoms with Crippen LogP contribution in [0.15, 0.2) is 0 Å². The molecule has 1 aliphatic carbocycles. The molecule has 0 unspecified atom stereocenters. The Morgan fingerprint density at radius 2 is 2.19 bits per heavy atom. The van der Waals surface area contributed by atoms with Crippen molar-refractivity contribution in [2.45, 2.75) is 32.2 Å². The number of anilines is 2. The molecule has 1 saturated carbocycles. The number of hydrazine groups is 1. The van der Waals surface area contributed by atoms with Crippen LogP contribution in [0.4, 0.5) is 17.5 Å². The molecule has 2 rings (SSSR count). The van der Waals surface area contributed by atoms with Gasteiger partial charge in [0, 0.05) is 19.0 Å². The van der Waals surface area contributed by atoms with Crippen LogP contribution < -0.4 is 21.9 Å². The standard InChI is InChI=1S/C11H17N7O3/c1-6-9(18(20)21)10(16-11(14-6)17-12)13-5-4-8(19)15-7-2-3-7/h7H,2-5,12H2,1H3,(H,15,19)(H2,13,14,16,17). The van der Waals surface area contributed by atoms with Crippen molar-refractivity contribution in [2.75, 3.05) is 17.3 Å². The number of nitrogen functional groups attached to an aromatic ring is 1. The van der Waals surface area contributed by atoms with Crippen molar-refractivity contribution in [3.63, 3.8) is 0 Å². The summed E-state index contributed by atoms with van der Waals surface area (Å²) in [5.74, 6) is 5.24. The SMILES string of the molecule is Cc1nc(NN)nc(NCCC(=O)NC2CC2)c1[N+](=O)[O-]. The molecule has 0 saturated heterocycles. The van der Waals surface area contributed by atoms with E-state index in [0.717, 1.165) is 12.8 Å². The predicted octanol–water partition coefficient (Wildman–Crippen LogP) is 0.0594. The Balaban J connectivity index is 2.01. The molecule has 0 aliphatic heterocycles. The molecule has 0 atom stereocenters. The summed E-state index contributed by atoms with van der Waals surface area (Å²) in [5, 5.41) is 16.7. The number of amides is 1. The van der Waals surface area contributed by atoms with Crippen molar-refractivity contribution in [3.05, 3.63) is 15.8 Å². The number of hydrogen-bond acceptors (Lipinski definition) is 8. The van der Waals surface area contributed by atoms with Crippen LogP contribution in [0.2, 0.25) is 0 Å². The van der Waals surface area contributed by atoms with E-state index in [1.807, 2.05) is 0 Å². The van der Waals surface area contributed by atoms with Gasteiger partial charge in [0.25, 0.3) is 0 Å². The third-order valence-electron chi connectivity index (χ3n) is 2.96. The van der Waals surface area contributed by atoms with Crippen LogP contribution in [-0.4, -0.2) is 33.4 Å². The number of carbonyl (C=O) groups excluding carboxylic acids is 1. The van der Waals surface area contributed by atoms with E-state index in [4.69, 9.17) is 5.84 Å². The maximum atomic E-state index is 11.5. The molecule has 1 amide bonds. The minimum absolute atomic E-state index is 0.0414. The molecule has 1 aliphatic rings. The smallest absolute Gasteiger partial charge is 0.332 e. The molecular weight excluding hydrogens is 278 g/mol. The van der Waals surface area contributed by atoms with Crippen molar-refractivity contribution in [2.24, 2.45) is 5.84 Å². The molecule has 21 heavy (non-hydrogen) atoms. The van der Waals surface area contributed by atoms with Gasteiger partial charge >= 0.3 is 5.69 Å². The lowest BCUT2D eigenvalue weighted by molar-refractivity contribution is -0.385. The monoisotopic (exact) mass is 295 g/mol. The fourth-order valence-corrected chi connectivity index (χ4v) is 1.80. The van der Waals surface area contributed by atoms with Gasteiger partial charge in [0.05, 0.1) is 4.92 Å². The van der Waals surface area contributed by atoms with Crippen molar-refractivity contribution >= 4 is 23.4 Å². The molecule has 1 heterocycles. The number of nitrogens with zero attached hydrogens (tertiary/aromatic N) is 3. The lowest BCUT2D eigenvalue weighted by atomic mass is 10.3. The summed E-state index contributed by atoms with van der Waals surface area (Å²) in [5.41, 5.74) is 2.21. The molecule has 10 heteroatoms. The Hall–Kier alpha value is -2.49. The normalized spacial score (nSPS) is 13.6. The summed E-state index contributed by atoms with van der Waals surface area (Å²) in [6, 6.07) is 0.293. The number of nitrogens with one attached hydrogen (secondary N) is 3. The van der Waals surface area contributed by atoms with Gasteiger partial charge in [0.2, 0.25) is 17.7 Å². The molecule has 5 N–H and O–H groups in total. The first-order valence-corrected chi connectivity index (χ1v) is 6.54. The van der Waals surface area contributed by atoms with E-state index < -0.39 is 4.92 Å². The van der Waals surface area contributed by atoms with Crippen LogP contribution in [0.25, 0.3) is 0 Å². The number of hydrogen-bond donors (Lipinski definition) is 4. The van der Waals surface area contributed by atoms with E-state index in [1.165, 1.54) is 6.92 Å². The fraction of sp³-hybridized carbons (Fsp3) is 0.545. The molecule has 1 aromatic heterocycles. The van der Waals surface area contributed by atoms with Crippen LogP contribution in [-0.2, 0) is 4.79 Å². The zero-order chi connectivity index (χ0) is 15.4. The number of nitrogens with two attached hydrogens (primary N) is 1. The molecule has 0 radical (unpaired) electrons. The second-order valence-electron chi connectivity index (χ2n) is 4.75. The first-order chi connectivity index (χ1) is 10.0. The van der Waals surface area contributed by atoms with Gasteiger partial charge in [-0.05, 0) is 19.8 Å². The zero-order valence-electron chi connectivity index (χ0n) is 11.5. The number of nitro groups is 1. The van der Waals surface area contributed by atoms with Gasteiger partial charge in [0.1, 0.15) is 5.69 Å². The Morgan fingerprint density at radius 1 is 1.48 bits per heavy atom.